The number of fused-ring (bicyclic) bond motifs is 1. The lowest BCUT2D eigenvalue weighted by molar-refractivity contribution is -0.136. The summed E-state index contributed by atoms with van der Waals surface area (Å²) < 4.78 is 21.4. The van der Waals surface area contributed by atoms with E-state index in [4.69, 9.17) is 18.6 Å². The molecule has 35 heavy (non-hydrogen) atoms. The van der Waals surface area contributed by atoms with Gasteiger partial charge >= 0.3 is 11.6 Å². The average molecular weight is 473 g/mol. The highest BCUT2D eigenvalue weighted by Crippen LogP contribution is 2.21. The van der Waals surface area contributed by atoms with Crippen LogP contribution in [0.2, 0.25) is 0 Å². The molecule has 1 amide bonds. The number of benzene rings is 3. The van der Waals surface area contributed by atoms with E-state index in [-0.39, 0.29) is 30.0 Å². The van der Waals surface area contributed by atoms with Gasteiger partial charge in [-0.15, -0.1) is 0 Å². The molecule has 0 bridgehead atoms. The monoisotopic (exact) mass is 473 g/mol. The van der Waals surface area contributed by atoms with Gasteiger partial charge in [0, 0.05) is 18.0 Å². The Morgan fingerprint density at radius 2 is 1.54 bits per heavy atom. The van der Waals surface area contributed by atoms with Crippen molar-refractivity contribution in [1.29, 1.82) is 0 Å². The lowest BCUT2D eigenvalue weighted by Gasteiger charge is -2.09. The van der Waals surface area contributed by atoms with Crippen LogP contribution in [-0.4, -0.2) is 25.1 Å². The Morgan fingerprint density at radius 3 is 2.26 bits per heavy atom. The zero-order valence-electron chi connectivity index (χ0n) is 19.0. The van der Waals surface area contributed by atoms with Gasteiger partial charge in [0.2, 0.25) is 0 Å². The summed E-state index contributed by atoms with van der Waals surface area (Å²) in [6.45, 7) is 2.42. The van der Waals surface area contributed by atoms with Crippen molar-refractivity contribution in [2.24, 2.45) is 0 Å². The van der Waals surface area contributed by atoms with E-state index in [0.29, 0.717) is 23.5 Å². The fourth-order valence-corrected chi connectivity index (χ4v) is 3.29. The van der Waals surface area contributed by atoms with Gasteiger partial charge in [0.05, 0.1) is 6.61 Å². The Morgan fingerprint density at radius 1 is 0.857 bits per heavy atom. The molecule has 0 aliphatic heterocycles. The van der Waals surface area contributed by atoms with Crippen LogP contribution in [0.15, 0.2) is 88.1 Å². The first kappa shape index (κ1) is 23.6. The number of hydrogen-bond acceptors (Lipinski definition) is 7. The predicted octanol–water partition coefficient (Wildman–Crippen LogP) is 4.11. The Kier molecular flexibility index (Phi) is 7.42. The SMILES string of the molecule is CCOc1ccc(OCC(=O)Oc2ccc3cc(C(=O)NCc4ccccc4)c(=O)oc3c2)cc1. The van der Waals surface area contributed by atoms with Gasteiger partial charge in [0.1, 0.15) is 28.4 Å². The molecular formula is C27H23NO7. The van der Waals surface area contributed by atoms with E-state index in [1.165, 1.54) is 12.1 Å². The third-order valence-electron chi connectivity index (χ3n) is 4.97. The molecular weight excluding hydrogens is 450 g/mol. The molecule has 8 nitrogen and oxygen atoms in total. The van der Waals surface area contributed by atoms with Gasteiger partial charge in [-0.1, -0.05) is 30.3 Å². The summed E-state index contributed by atoms with van der Waals surface area (Å²) in [6.07, 6.45) is 0. The molecule has 1 N–H and O–H groups in total. The second-order valence-corrected chi connectivity index (χ2v) is 7.48. The summed E-state index contributed by atoms with van der Waals surface area (Å²) in [7, 11) is 0. The van der Waals surface area contributed by atoms with Crippen molar-refractivity contribution in [2.45, 2.75) is 13.5 Å². The molecule has 0 saturated carbocycles. The molecule has 0 unspecified atom stereocenters. The molecule has 1 heterocycles. The minimum Gasteiger partial charge on any atom is -0.494 e. The number of nitrogens with one attached hydrogen (secondary N) is 1. The molecule has 3 aromatic carbocycles. The maximum absolute atomic E-state index is 12.5. The number of amides is 1. The van der Waals surface area contributed by atoms with E-state index < -0.39 is 17.5 Å². The quantitative estimate of drug-likeness (QED) is 0.222. The van der Waals surface area contributed by atoms with Gasteiger partial charge in [0.15, 0.2) is 6.61 Å². The van der Waals surface area contributed by atoms with Gasteiger partial charge < -0.3 is 23.9 Å². The van der Waals surface area contributed by atoms with Crippen molar-refractivity contribution in [3.05, 3.63) is 100 Å². The van der Waals surface area contributed by atoms with Crippen LogP contribution in [0.5, 0.6) is 17.2 Å². The van der Waals surface area contributed by atoms with Gasteiger partial charge in [-0.05, 0) is 55.0 Å². The van der Waals surface area contributed by atoms with E-state index in [9.17, 15) is 14.4 Å². The lowest BCUT2D eigenvalue weighted by Crippen LogP contribution is -2.27. The summed E-state index contributed by atoms with van der Waals surface area (Å²) in [4.78, 5) is 37.0. The second-order valence-electron chi connectivity index (χ2n) is 7.48. The zero-order valence-corrected chi connectivity index (χ0v) is 19.0. The smallest absolute Gasteiger partial charge is 0.349 e. The first-order chi connectivity index (χ1) is 17.0. The van der Waals surface area contributed by atoms with Crippen LogP contribution in [0.3, 0.4) is 0 Å². The summed E-state index contributed by atoms with van der Waals surface area (Å²) in [5.41, 5.74) is 0.198. The normalized spacial score (nSPS) is 10.5. The summed E-state index contributed by atoms with van der Waals surface area (Å²) >= 11 is 0. The number of carbonyl (C=O) groups is 2. The number of hydrogen-bond donors (Lipinski definition) is 1. The minimum atomic E-state index is -0.787. The second kappa shape index (κ2) is 11.0. The fourth-order valence-electron chi connectivity index (χ4n) is 3.29. The van der Waals surface area contributed by atoms with Gasteiger partial charge in [-0.3, -0.25) is 4.79 Å². The van der Waals surface area contributed by atoms with Crippen molar-refractivity contribution in [1.82, 2.24) is 5.32 Å². The Hall–Kier alpha value is -4.59. The summed E-state index contributed by atoms with van der Waals surface area (Å²) in [5.74, 6) is 0.219. The van der Waals surface area contributed by atoms with Crippen molar-refractivity contribution in [3.8, 4) is 17.2 Å². The molecule has 1 aromatic heterocycles. The van der Waals surface area contributed by atoms with Gasteiger partial charge in [-0.25, -0.2) is 9.59 Å². The largest absolute Gasteiger partial charge is 0.494 e. The molecule has 0 spiro atoms. The van der Waals surface area contributed by atoms with Crippen LogP contribution in [0.4, 0.5) is 0 Å². The van der Waals surface area contributed by atoms with Crippen molar-refractivity contribution >= 4 is 22.8 Å². The topological polar surface area (TPSA) is 104 Å². The van der Waals surface area contributed by atoms with Crippen molar-refractivity contribution in [3.63, 3.8) is 0 Å². The minimum absolute atomic E-state index is 0.109. The van der Waals surface area contributed by atoms with Crippen LogP contribution >= 0.6 is 0 Å². The molecule has 0 fully saturated rings. The third kappa shape index (κ3) is 6.26. The number of esters is 1. The summed E-state index contributed by atoms with van der Waals surface area (Å²) in [5, 5.41) is 3.22. The van der Waals surface area contributed by atoms with E-state index in [1.807, 2.05) is 37.3 Å². The number of rotatable bonds is 9. The highest BCUT2D eigenvalue weighted by molar-refractivity contribution is 5.96. The molecule has 0 aliphatic rings. The van der Waals surface area contributed by atoms with Crippen LogP contribution in [-0.2, 0) is 11.3 Å². The molecule has 0 aliphatic carbocycles. The van der Waals surface area contributed by atoms with Gasteiger partial charge in [0.25, 0.3) is 5.91 Å². The van der Waals surface area contributed by atoms with E-state index in [0.717, 1.165) is 5.56 Å². The number of carbonyl (C=O) groups excluding carboxylic acids is 2. The third-order valence-corrected chi connectivity index (χ3v) is 4.97. The highest BCUT2D eigenvalue weighted by Gasteiger charge is 2.15. The van der Waals surface area contributed by atoms with Gasteiger partial charge in [-0.2, -0.15) is 0 Å². The van der Waals surface area contributed by atoms with Crippen LogP contribution in [0.25, 0.3) is 11.0 Å². The molecule has 0 saturated heterocycles. The van der Waals surface area contributed by atoms with Crippen LogP contribution in [0.1, 0.15) is 22.8 Å². The zero-order chi connectivity index (χ0) is 24.6. The van der Waals surface area contributed by atoms with Crippen molar-refractivity contribution < 1.29 is 28.2 Å². The molecule has 4 rings (SSSR count). The van der Waals surface area contributed by atoms with E-state index >= 15 is 0 Å². The highest BCUT2D eigenvalue weighted by atomic mass is 16.6. The van der Waals surface area contributed by atoms with Crippen LogP contribution < -0.4 is 25.2 Å². The molecule has 0 atom stereocenters. The molecule has 8 heteroatoms. The molecule has 4 aromatic rings. The summed E-state index contributed by atoms with van der Waals surface area (Å²) in [6, 6.07) is 22.2. The maximum Gasteiger partial charge on any atom is 0.349 e. The van der Waals surface area contributed by atoms with E-state index in [2.05, 4.69) is 5.32 Å². The molecule has 0 radical (unpaired) electrons. The first-order valence-corrected chi connectivity index (χ1v) is 11.0. The Balaban J connectivity index is 1.37. The van der Waals surface area contributed by atoms with E-state index in [1.54, 1.807) is 36.4 Å². The van der Waals surface area contributed by atoms with Crippen molar-refractivity contribution in [2.75, 3.05) is 13.2 Å². The predicted molar refractivity (Wildman–Crippen MR) is 129 cm³/mol. The fraction of sp³-hybridized carbons (Fsp3) is 0.148. The molecule has 178 valence electrons. The first-order valence-electron chi connectivity index (χ1n) is 11.0. The maximum atomic E-state index is 12.5. The Bertz CT molecular complexity index is 1380. The lowest BCUT2D eigenvalue weighted by atomic mass is 10.1. The van der Waals surface area contributed by atoms with Crippen LogP contribution in [0, 0.1) is 0 Å². The average Bonchev–Trinajstić information content (AvgIpc) is 2.87. The number of ether oxygens (including phenoxy) is 3. The standard InChI is InChI=1S/C27H23NO7/c1-2-32-20-10-12-21(13-11-20)33-17-25(29)34-22-9-8-19-14-23(27(31)35-24(19)15-22)26(30)28-16-18-6-4-3-5-7-18/h3-15H,2,16-17H2,1H3,(H,28,30). The Labute approximate surface area is 201 Å².